The summed E-state index contributed by atoms with van der Waals surface area (Å²) in [5.74, 6) is 0.457. The van der Waals surface area contributed by atoms with Gasteiger partial charge in [0.2, 0.25) is 0 Å². The second-order valence-corrected chi connectivity index (χ2v) is 8.42. The molecular weight excluding hydrogens is 308 g/mol. The number of nitrogens with zero attached hydrogens (tertiary/aromatic N) is 1. The van der Waals surface area contributed by atoms with E-state index in [1.54, 1.807) is 18.2 Å². The van der Waals surface area contributed by atoms with Crippen molar-refractivity contribution in [1.29, 1.82) is 0 Å². The lowest BCUT2D eigenvalue weighted by Crippen LogP contribution is -2.23. The Kier molecular flexibility index (Phi) is 2.94. The summed E-state index contributed by atoms with van der Waals surface area (Å²) in [5.41, 5.74) is 3.19. The van der Waals surface area contributed by atoms with E-state index in [4.69, 9.17) is 4.99 Å². The number of hydrogen-bond acceptors (Lipinski definition) is 3. The molecule has 118 valence electrons. The minimum atomic E-state index is -3.48. The molecule has 1 aliphatic heterocycles. The van der Waals surface area contributed by atoms with Gasteiger partial charge in [0.15, 0.2) is 0 Å². The van der Waals surface area contributed by atoms with Gasteiger partial charge >= 0.3 is 0 Å². The first kappa shape index (κ1) is 14.5. The molecule has 0 bridgehead atoms. The lowest BCUT2D eigenvalue weighted by molar-refractivity contribution is 0.482. The lowest BCUT2D eigenvalue weighted by atomic mass is 9.86. The Morgan fingerprint density at radius 1 is 1.09 bits per heavy atom. The van der Waals surface area contributed by atoms with Crippen LogP contribution in [0, 0.1) is 0 Å². The predicted molar refractivity (Wildman–Crippen MR) is 90.1 cm³/mol. The SMILES string of the molecule is CC1(C)CC(N=C2NS(=O)(=O)c3ccccc32)c2ccccc21. The van der Waals surface area contributed by atoms with E-state index in [9.17, 15) is 8.42 Å². The molecule has 0 fully saturated rings. The summed E-state index contributed by atoms with van der Waals surface area (Å²) in [7, 11) is -3.48. The van der Waals surface area contributed by atoms with E-state index >= 15 is 0 Å². The van der Waals surface area contributed by atoms with E-state index in [1.165, 1.54) is 11.1 Å². The van der Waals surface area contributed by atoms with E-state index in [-0.39, 0.29) is 11.5 Å². The molecule has 1 unspecified atom stereocenters. The van der Waals surface area contributed by atoms with Crippen molar-refractivity contribution in [2.45, 2.75) is 36.6 Å². The average Bonchev–Trinajstić information content (AvgIpc) is 2.92. The van der Waals surface area contributed by atoms with Crippen LogP contribution < -0.4 is 4.72 Å². The normalized spacial score (nSPS) is 25.0. The monoisotopic (exact) mass is 326 g/mol. The highest BCUT2D eigenvalue weighted by Crippen LogP contribution is 2.46. The van der Waals surface area contributed by atoms with Crippen molar-refractivity contribution in [2.24, 2.45) is 4.99 Å². The van der Waals surface area contributed by atoms with Crippen LogP contribution in [0.25, 0.3) is 0 Å². The fraction of sp³-hybridized carbons (Fsp3) is 0.278. The Hall–Kier alpha value is -2.14. The van der Waals surface area contributed by atoms with Crippen molar-refractivity contribution >= 4 is 15.9 Å². The van der Waals surface area contributed by atoms with Gasteiger partial charge in [-0.3, -0.25) is 9.71 Å². The summed E-state index contributed by atoms with van der Waals surface area (Å²) in [5, 5.41) is 0. The first-order chi connectivity index (χ1) is 10.9. The average molecular weight is 326 g/mol. The van der Waals surface area contributed by atoms with Gasteiger partial charge in [-0.2, -0.15) is 0 Å². The maximum atomic E-state index is 12.2. The number of aliphatic imine (C=N–C) groups is 1. The van der Waals surface area contributed by atoms with E-state index in [2.05, 4.69) is 30.7 Å². The predicted octanol–water partition coefficient (Wildman–Crippen LogP) is 3.15. The Morgan fingerprint density at radius 3 is 2.61 bits per heavy atom. The zero-order chi connectivity index (χ0) is 16.2. The molecule has 1 atom stereocenters. The van der Waals surface area contributed by atoms with Gasteiger partial charge in [0.25, 0.3) is 10.0 Å². The molecular formula is C18H18N2O2S. The molecule has 0 saturated heterocycles. The van der Waals surface area contributed by atoms with Crippen LogP contribution in [0.5, 0.6) is 0 Å². The van der Waals surface area contributed by atoms with Gasteiger partial charge in [-0.05, 0) is 35.1 Å². The van der Waals surface area contributed by atoms with Gasteiger partial charge < -0.3 is 0 Å². The zero-order valence-electron chi connectivity index (χ0n) is 13.1. The van der Waals surface area contributed by atoms with Crippen LogP contribution in [-0.4, -0.2) is 14.3 Å². The Labute approximate surface area is 136 Å². The van der Waals surface area contributed by atoms with E-state index in [1.807, 2.05) is 18.2 Å². The van der Waals surface area contributed by atoms with Gasteiger partial charge in [-0.25, -0.2) is 8.42 Å². The van der Waals surface area contributed by atoms with Crippen molar-refractivity contribution in [2.75, 3.05) is 0 Å². The molecule has 0 spiro atoms. The van der Waals surface area contributed by atoms with Crippen LogP contribution in [0.15, 0.2) is 58.4 Å². The third kappa shape index (κ3) is 2.18. The third-order valence-electron chi connectivity index (χ3n) is 4.70. The fourth-order valence-corrected chi connectivity index (χ4v) is 4.85. The molecule has 4 rings (SSSR count). The lowest BCUT2D eigenvalue weighted by Gasteiger charge is -2.18. The molecule has 0 aromatic heterocycles. The van der Waals surface area contributed by atoms with Crippen LogP contribution in [0.2, 0.25) is 0 Å². The maximum Gasteiger partial charge on any atom is 0.263 e. The van der Waals surface area contributed by atoms with Crippen LogP contribution in [0.4, 0.5) is 0 Å². The first-order valence-corrected chi connectivity index (χ1v) is 9.16. The topological polar surface area (TPSA) is 58.5 Å². The van der Waals surface area contributed by atoms with Crippen molar-refractivity contribution in [3.8, 4) is 0 Å². The minimum Gasteiger partial charge on any atom is -0.263 e. The number of nitrogens with one attached hydrogen (secondary N) is 1. The quantitative estimate of drug-likeness (QED) is 0.875. The second-order valence-electron chi connectivity index (χ2n) is 6.77. The summed E-state index contributed by atoms with van der Waals surface area (Å²) >= 11 is 0. The molecule has 0 radical (unpaired) electrons. The van der Waals surface area contributed by atoms with E-state index in [0.717, 1.165) is 6.42 Å². The van der Waals surface area contributed by atoms with Crippen LogP contribution in [0.1, 0.15) is 43.0 Å². The number of rotatable bonds is 1. The van der Waals surface area contributed by atoms with Gasteiger partial charge in [0.05, 0.1) is 10.9 Å². The molecule has 23 heavy (non-hydrogen) atoms. The molecule has 2 aliphatic rings. The Bertz CT molecular complexity index is 930. The number of hydrogen-bond donors (Lipinski definition) is 1. The molecule has 5 heteroatoms. The van der Waals surface area contributed by atoms with Crippen LogP contribution in [-0.2, 0) is 15.4 Å². The fourth-order valence-electron chi connectivity index (χ4n) is 3.61. The molecule has 0 saturated carbocycles. The Balaban J connectivity index is 1.82. The number of sulfonamides is 1. The number of fused-ring (bicyclic) bond motifs is 2. The molecule has 1 N–H and O–H groups in total. The van der Waals surface area contributed by atoms with Crippen LogP contribution in [0.3, 0.4) is 0 Å². The largest absolute Gasteiger partial charge is 0.263 e. The molecule has 1 aliphatic carbocycles. The first-order valence-electron chi connectivity index (χ1n) is 7.68. The second kappa shape index (κ2) is 4.68. The molecule has 4 nitrogen and oxygen atoms in total. The van der Waals surface area contributed by atoms with Crippen molar-refractivity contribution < 1.29 is 8.42 Å². The van der Waals surface area contributed by atoms with E-state index < -0.39 is 10.0 Å². The smallest absolute Gasteiger partial charge is 0.263 e. The van der Waals surface area contributed by atoms with Gasteiger partial charge in [0, 0.05) is 5.56 Å². The summed E-state index contributed by atoms with van der Waals surface area (Å²) in [6.07, 6.45) is 0.875. The standard InChI is InChI=1S/C18H18N2O2S/c1-18(2)11-15(12-7-3-5-9-14(12)18)19-17-13-8-4-6-10-16(13)23(21,22)20-17/h3-10,15H,11H2,1-2H3,(H,19,20). The molecule has 2 aromatic rings. The van der Waals surface area contributed by atoms with Crippen molar-refractivity contribution in [3.05, 3.63) is 65.2 Å². The number of benzene rings is 2. The van der Waals surface area contributed by atoms with Gasteiger partial charge in [-0.15, -0.1) is 0 Å². The van der Waals surface area contributed by atoms with Gasteiger partial charge in [0.1, 0.15) is 5.84 Å². The molecule has 0 amide bonds. The summed E-state index contributed by atoms with van der Waals surface area (Å²) in [4.78, 5) is 5.08. The zero-order valence-corrected chi connectivity index (χ0v) is 13.9. The highest BCUT2D eigenvalue weighted by molar-refractivity contribution is 7.90. The summed E-state index contributed by atoms with van der Waals surface area (Å²) < 4.78 is 27.0. The summed E-state index contributed by atoms with van der Waals surface area (Å²) in [6.45, 7) is 4.41. The van der Waals surface area contributed by atoms with E-state index in [0.29, 0.717) is 16.3 Å². The minimum absolute atomic E-state index is 0.0231. The van der Waals surface area contributed by atoms with Crippen molar-refractivity contribution in [1.82, 2.24) is 4.72 Å². The Morgan fingerprint density at radius 2 is 1.78 bits per heavy atom. The third-order valence-corrected chi connectivity index (χ3v) is 6.10. The summed E-state index contributed by atoms with van der Waals surface area (Å²) in [6, 6.07) is 15.3. The maximum absolute atomic E-state index is 12.2. The van der Waals surface area contributed by atoms with Crippen molar-refractivity contribution in [3.63, 3.8) is 0 Å². The van der Waals surface area contributed by atoms with Gasteiger partial charge in [-0.1, -0.05) is 50.2 Å². The molecule has 1 heterocycles. The number of amidine groups is 1. The highest BCUT2D eigenvalue weighted by Gasteiger charge is 2.38. The van der Waals surface area contributed by atoms with Crippen LogP contribution >= 0.6 is 0 Å². The molecule has 2 aromatic carbocycles. The highest BCUT2D eigenvalue weighted by atomic mass is 32.2.